The zero-order chi connectivity index (χ0) is 15.6. The molecule has 0 radical (unpaired) electrons. The van der Waals surface area contributed by atoms with E-state index in [1.807, 2.05) is 0 Å². The number of hydrogen-bond acceptors (Lipinski definition) is 5. The number of nitrogens with two attached hydrogens (primary N) is 1. The quantitative estimate of drug-likeness (QED) is 0.671. The summed E-state index contributed by atoms with van der Waals surface area (Å²) in [6, 6.07) is 4.05. The van der Waals surface area contributed by atoms with Crippen molar-refractivity contribution in [2.75, 3.05) is 18.2 Å². The van der Waals surface area contributed by atoms with Gasteiger partial charge in [-0.15, -0.1) is 0 Å². The second kappa shape index (κ2) is 5.92. The SMILES string of the molecule is COc1cc(Cl)nc(NC(=O)c2cc(N)cc(C)c2F)n1. The molecule has 0 aliphatic heterocycles. The fourth-order valence-corrected chi connectivity index (χ4v) is 1.86. The molecule has 21 heavy (non-hydrogen) atoms. The van der Waals surface area contributed by atoms with Gasteiger partial charge in [0.2, 0.25) is 11.8 Å². The Morgan fingerprint density at radius 3 is 2.76 bits per heavy atom. The van der Waals surface area contributed by atoms with Crippen LogP contribution in [0, 0.1) is 12.7 Å². The molecule has 0 spiro atoms. The molecule has 0 saturated carbocycles. The van der Waals surface area contributed by atoms with Crippen LogP contribution in [0.2, 0.25) is 5.15 Å². The predicted molar refractivity (Wildman–Crippen MR) is 77.1 cm³/mol. The van der Waals surface area contributed by atoms with E-state index in [9.17, 15) is 9.18 Å². The van der Waals surface area contributed by atoms with Gasteiger partial charge in [-0.05, 0) is 24.6 Å². The summed E-state index contributed by atoms with van der Waals surface area (Å²) in [5.74, 6) is -1.30. The molecule has 110 valence electrons. The number of carbonyl (C=O) groups excluding carboxylic acids is 1. The first-order valence-electron chi connectivity index (χ1n) is 5.86. The first-order valence-corrected chi connectivity index (χ1v) is 6.24. The van der Waals surface area contributed by atoms with Gasteiger partial charge in [0.25, 0.3) is 5.91 Å². The van der Waals surface area contributed by atoms with Gasteiger partial charge in [-0.2, -0.15) is 4.98 Å². The molecule has 0 saturated heterocycles. The van der Waals surface area contributed by atoms with E-state index in [1.54, 1.807) is 0 Å². The number of halogens is 2. The van der Waals surface area contributed by atoms with Crippen molar-refractivity contribution >= 4 is 29.1 Å². The number of rotatable bonds is 3. The highest BCUT2D eigenvalue weighted by Gasteiger charge is 2.16. The van der Waals surface area contributed by atoms with Crippen molar-refractivity contribution in [2.24, 2.45) is 0 Å². The molecule has 0 bridgehead atoms. The number of benzene rings is 1. The monoisotopic (exact) mass is 310 g/mol. The topological polar surface area (TPSA) is 90.1 Å². The van der Waals surface area contributed by atoms with Crippen molar-refractivity contribution < 1.29 is 13.9 Å². The highest BCUT2D eigenvalue weighted by Crippen LogP contribution is 2.20. The molecule has 2 aromatic rings. The van der Waals surface area contributed by atoms with Crippen molar-refractivity contribution in [2.45, 2.75) is 6.92 Å². The van der Waals surface area contributed by atoms with Crippen molar-refractivity contribution in [3.05, 3.63) is 40.3 Å². The molecule has 0 aliphatic carbocycles. The average Bonchev–Trinajstić information content (AvgIpc) is 2.41. The van der Waals surface area contributed by atoms with Crippen LogP contribution in [-0.4, -0.2) is 23.0 Å². The van der Waals surface area contributed by atoms with E-state index in [0.29, 0.717) is 0 Å². The van der Waals surface area contributed by atoms with Gasteiger partial charge in [0, 0.05) is 11.8 Å². The summed E-state index contributed by atoms with van der Waals surface area (Å²) in [5.41, 5.74) is 5.96. The van der Waals surface area contributed by atoms with E-state index in [2.05, 4.69) is 15.3 Å². The van der Waals surface area contributed by atoms with E-state index in [1.165, 1.54) is 32.2 Å². The Morgan fingerprint density at radius 2 is 2.10 bits per heavy atom. The molecular formula is C13H12ClFN4O2. The number of anilines is 2. The van der Waals surface area contributed by atoms with Gasteiger partial charge in [-0.3, -0.25) is 10.1 Å². The Bertz CT molecular complexity index is 709. The Morgan fingerprint density at radius 1 is 1.38 bits per heavy atom. The number of hydrogen-bond donors (Lipinski definition) is 2. The minimum Gasteiger partial charge on any atom is -0.481 e. The van der Waals surface area contributed by atoms with Gasteiger partial charge in [0.05, 0.1) is 12.7 Å². The number of ether oxygens (including phenoxy) is 1. The molecular weight excluding hydrogens is 299 g/mol. The Balaban J connectivity index is 2.32. The molecule has 1 amide bonds. The standard InChI is InChI=1S/C13H12ClFN4O2/c1-6-3-7(16)4-8(11(6)15)12(20)19-13-17-9(14)5-10(18-13)21-2/h3-5H,16H2,1-2H3,(H,17,18,19,20). The van der Waals surface area contributed by atoms with Crippen molar-refractivity contribution in [1.82, 2.24) is 9.97 Å². The van der Waals surface area contributed by atoms with Gasteiger partial charge in [0.15, 0.2) is 0 Å². The molecule has 2 rings (SSSR count). The van der Waals surface area contributed by atoms with Crippen molar-refractivity contribution in [3.8, 4) is 5.88 Å². The Kier molecular flexibility index (Phi) is 4.23. The first-order chi connectivity index (χ1) is 9.90. The maximum absolute atomic E-state index is 14.0. The summed E-state index contributed by atoms with van der Waals surface area (Å²) < 4.78 is 18.9. The normalized spacial score (nSPS) is 10.3. The van der Waals surface area contributed by atoms with Crippen LogP contribution in [-0.2, 0) is 0 Å². The molecule has 0 atom stereocenters. The highest BCUT2D eigenvalue weighted by atomic mass is 35.5. The number of aryl methyl sites for hydroxylation is 1. The number of carbonyl (C=O) groups is 1. The summed E-state index contributed by atoms with van der Waals surface area (Å²) >= 11 is 5.76. The van der Waals surface area contributed by atoms with E-state index in [0.717, 1.165) is 0 Å². The van der Waals surface area contributed by atoms with Crippen LogP contribution in [0.5, 0.6) is 5.88 Å². The van der Waals surface area contributed by atoms with Crippen LogP contribution < -0.4 is 15.8 Å². The van der Waals surface area contributed by atoms with Crippen LogP contribution >= 0.6 is 11.6 Å². The van der Waals surface area contributed by atoms with Gasteiger partial charge in [-0.25, -0.2) is 9.37 Å². The number of nitrogens with zero attached hydrogens (tertiary/aromatic N) is 2. The van der Waals surface area contributed by atoms with Crippen molar-refractivity contribution in [1.29, 1.82) is 0 Å². The average molecular weight is 311 g/mol. The molecule has 6 nitrogen and oxygen atoms in total. The van der Waals surface area contributed by atoms with Crippen molar-refractivity contribution in [3.63, 3.8) is 0 Å². The van der Waals surface area contributed by atoms with Crippen LogP contribution in [0.4, 0.5) is 16.0 Å². The minimum atomic E-state index is -0.729. The molecule has 0 unspecified atom stereocenters. The maximum Gasteiger partial charge on any atom is 0.261 e. The molecule has 1 heterocycles. The number of methoxy groups -OCH3 is 1. The Hall–Kier alpha value is -2.41. The molecule has 1 aromatic carbocycles. The van der Waals surface area contributed by atoms with E-state index in [4.69, 9.17) is 22.1 Å². The molecule has 8 heteroatoms. The number of amides is 1. The van der Waals surface area contributed by atoms with Crippen LogP contribution in [0.3, 0.4) is 0 Å². The fourth-order valence-electron chi connectivity index (χ4n) is 1.69. The van der Waals surface area contributed by atoms with Gasteiger partial charge < -0.3 is 10.5 Å². The van der Waals surface area contributed by atoms with E-state index >= 15 is 0 Å². The number of nitrogen functional groups attached to an aromatic ring is 1. The summed E-state index contributed by atoms with van der Waals surface area (Å²) in [7, 11) is 1.39. The highest BCUT2D eigenvalue weighted by molar-refractivity contribution is 6.29. The van der Waals surface area contributed by atoms with Crippen LogP contribution in [0.15, 0.2) is 18.2 Å². The second-order valence-corrected chi connectivity index (χ2v) is 4.60. The summed E-state index contributed by atoms with van der Waals surface area (Å²) in [6.45, 7) is 1.52. The number of aromatic nitrogens is 2. The molecule has 3 N–H and O–H groups in total. The third kappa shape index (κ3) is 3.38. The Labute approximate surface area is 125 Å². The fraction of sp³-hybridized carbons (Fsp3) is 0.154. The second-order valence-electron chi connectivity index (χ2n) is 4.21. The first kappa shape index (κ1) is 15.0. The zero-order valence-corrected chi connectivity index (χ0v) is 12.0. The molecule has 0 aliphatic rings. The largest absolute Gasteiger partial charge is 0.481 e. The lowest BCUT2D eigenvalue weighted by atomic mass is 10.1. The van der Waals surface area contributed by atoms with Gasteiger partial charge in [0.1, 0.15) is 11.0 Å². The van der Waals surface area contributed by atoms with E-state index < -0.39 is 11.7 Å². The van der Waals surface area contributed by atoms with Gasteiger partial charge >= 0.3 is 0 Å². The lowest BCUT2D eigenvalue weighted by molar-refractivity contribution is 0.102. The summed E-state index contributed by atoms with van der Waals surface area (Å²) in [5, 5.41) is 2.43. The molecule has 1 aromatic heterocycles. The van der Waals surface area contributed by atoms with Gasteiger partial charge in [-0.1, -0.05) is 11.6 Å². The lowest BCUT2D eigenvalue weighted by Gasteiger charge is -2.08. The van der Waals surface area contributed by atoms with Crippen LogP contribution in [0.25, 0.3) is 0 Å². The zero-order valence-electron chi connectivity index (χ0n) is 11.3. The number of nitrogens with one attached hydrogen (secondary N) is 1. The van der Waals surface area contributed by atoms with Crippen LogP contribution in [0.1, 0.15) is 15.9 Å². The minimum absolute atomic E-state index is 0.0846. The third-order valence-corrected chi connectivity index (χ3v) is 2.82. The van der Waals surface area contributed by atoms with E-state index in [-0.39, 0.29) is 33.8 Å². The summed E-state index contributed by atoms with van der Waals surface area (Å²) in [6.07, 6.45) is 0. The molecule has 0 fully saturated rings. The third-order valence-electron chi connectivity index (χ3n) is 2.63. The lowest BCUT2D eigenvalue weighted by Crippen LogP contribution is -2.17. The summed E-state index contributed by atoms with van der Waals surface area (Å²) in [4.78, 5) is 19.8. The smallest absolute Gasteiger partial charge is 0.261 e. The predicted octanol–water partition coefficient (Wildman–Crippen LogP) is 2.42. The maximum atomic E-state index is 14.0.